The second-order valence-electron chi connectivity index (χ2n) is 8.58. The van der Waals surface area contributed by atoms with Crippen LogP contribution in [0.4, 0.5) is 0 Å². The normalized spacial score (nSPS) is 10.2. The Balaban J connectivity index is 0.000000761. The number of aromatic nitrogens is 1. The van der Waals surface area contributed by atoms with Crippen LogP contribution >= 0.6 is 11.3 Å². The second kappa shape index (κ2) is 20.9. The number of hydrogen-bond donors (Lipinski definition) is 3. The quantitative estimate of drug-likeness (QED) is 0.152. The van der Waals surface area contributed by atoms with E-state index in [4.69, 9.17) is 4.74 Å². The highest BCUT2D eigenvalue weighted by molar-refractivity contribution is 7.09. The van der Waals surface area contributed by atoms with Crippen LogP contribution in [-0.4, -0.2) is 56.0 Å². The van der Waals surface area contributed by atoms with Crippen LogP contribution in [0.15, 0.2) is 29.9 Å². The first-order chi connectivity index (χ1) is 18.1. The van der Waals surface area contributed by atoms with Gasteiger partial charge >= 0.3 is 5.97 Å². The summed E-state index contributed by atoms with van der Waals surface area (Å²) in [6.07, 6.45) is 7.97. The van der Waals surface area contributed by atoms with Gasteiger partial charge in [-0.15, -0.1) is 11.3 Å². The maximum absolute atomic E-state index is 11.9. The third-order valence-corrected chi connectivity index (χ3v) is 6.11. The number of rotatable bonds is 17. The highest BCUT2D eigenvalue weighted by atomic mass is 32.1. The van der Waals surface area contributed by atoms with Crippen LogP contribution in [0.25, 0.3) is 0 Å². The topological polar surface area (TPSA) is 136 Å². The van der Waals surface area contributed by atoms with Gasteiger partial charge in [-0.2, -0.15) is 0 Å². The van der Waals surface area contributed by atoms with Gasteiger partial charge in [-0.05, 0) is 25.2 Å². The predicted molar refractivity (Wildman–Crippen MR) is 149 cm³/mol. The smallest absolute Gasteiger partial charge is 0.353 e. The molecule has 0 aliphatic rings. The van der Waals surface area contributed by atoms with Gasteiger partial charge in [0.1, 0.15) is 11.4 Å². The molecule has 10 nitrogen and oxygen atoms in total. The Morgan fingerprint density at radius 2 is 1.66 bits per heavy atom. The fourth-order valence-corrected chi connectivity index (χ4v) is 4.21. The summed E-state index contributed by atoms with van der Waals surface area (Å²) >= 11 is 1.38. The molecule has 214 valence electrons. The fourth-order valence-electron chi connectivity index (χ4n) is 3.33. The minimum absolute atomic E-state index is 0.197. The van der Waals surface area contributed by atoms with Gasteiger partial charge in [-0.1, -0.05) is 59.6 Å². The standard InChI is InChI=1S/C14H17N3O4S.C13H27NO2/c1-5-6-11-17-10(7-22-11)13(19)15-8(2)12(18)16-9(3)14(20)21-4;1-4-7-12(8-5-2)11-13(15)14-9-6-10-16-3/h7H,2-3,5-6H2,1,4H3,(H,15,19)(H,16,18);12H,4-11H2,1-3H3,(H,14,15). The molecule has 11 heteroatoms. The highest BCUT2D eigenvalue weighted by Gasteiger charge is 2.17. The molecule has 1 aromatic heterocycles. The fraction of sp³-hybridized carbons (Fsp3) is 0.593. The number of thiazole rings is 1. The third kappa shape index (κ3) is 15.3. The van der Waals surface area contributed by atoms with Crippen molar-refractivity contribution in [3.05, 3.63) is 40.6 Å². The number of amides is 3. The van der Waals surface area contributed by atoms with Crippen molar-refractivity contribution in [2.45, 2.75) is 72.1 Å². The number of nitrogens with one attached hydrogen (secondary N) is 3. The summed E-state index contributed by atoms with van der Waals surface area (Å²) < 4.78 is 9.32. The Labute approximate surface area is 230 Å². The van der Waals surface area contributed by atoms with Crippen molar-refractivity contribution in [3.8, 4) is 0 Å². The van der Waals surface area contributed by atoms with Crippen LogP contribution in [0.5, 0.6) is 0 Å². The summed E-state index contributed by atoms with van der Waals surface area (Å²) in [4.78, 5) is 50.6. The van der Waals surface area contributed by atoms with E-state index in [1.54, 1.807) is 12.5 Å². The largest absolute Gasteiger partial charge is 0.464 e. The Morgan fingerprint density at radius 3 is 2.21 bits per heavy atom. The molecule has 1 aromatic rings. The number of methoxy groups -OCH3 is 2. The molecule has 0 aliphatic heterocycles. The van der Waals surface area contributed by atoms with Crippen LogP contribution in [0.1, 0.15) is 81.2 Å². The first-order valence-corrected chi connectivity index (χ1v) is 13.8. The molecule has 0 saturated carbocycles. The highest BCUT2D eigenvalue weighted by Crippen LogP contribution is 2.17. The zero-order valence-electron chi connectivity index (χ0n) is 23.4. The van der Waals surface area contributed by atoms with Crippen molar-refractivity contribution in [2.24, 2.45) is 5.92 Å². The van der Waals surface area contributed by atoms with E-state index in [1.165, 1.54) is 37.0 Å². The first kappa shape index (κ1) is 35.0. The molecular formula is C27H44N4O6S. The van der Waals surface area contributed by atoms with E-state index in [2.05, 4.69) is 52.7 Å². The Kier molecular flexibility index (Phi) is 19.3. The summed E-state index contributed by atoms with van der Waals surface area (Å²) in [5.74, 6) is -1.31. The number of nitrogens with zero attached hydrogens (tertiary/aromatic N) is 1. The summed E-state index contributed by atoms with van der Waals surface area (Å²) in [6, 6.07) is 0. The summed E-state index contributed by atoms with van der Waals surface area (Å²) in [7, 11) is 2.84. The number of carbonyl (C=O) groups is 4. The molecule has 0 aromatic carbocycles. The van der Waals surface area contributed by atoms with Crippen molar-refractivity contribution >= 4 is 35.0 Å². The number of hydrogen-bond acceptors (Lipinski definition) is 8. The zero-order valence-corrected chi connectivity index (χ0v) is 24.3. The van der Waals surface area contributed by atoms with Crippen LogP contribution in [0, 0.1) is 5.92 Å². The molecule has 1 rings (SSSR count). The molecule has 3 amide bonds. The molecule has 0 radical (unpaired) electrons. The monoisotopic (exact) mass is 552 g/mol. The molecule has 0 atom stereocenters. The van der Waals surface area contributed by atoms with Gasteiger partial charge in [-0.3, -0.25) is 14.4 Å². The molecule has 0 bridgehead atoms. The molecule has 1 heterocycles. The number of carbonyl (C=O) groups excluding carboxylic acids is 4. The van der Waals surface area contributed by atoms with Gasteiger partial charge in [0.2, 0.25) is 5.91 Å². The minimum Gasteiger partial charge on any atom is -0.464 e. The molecule has 0 aliphatic carbocycles. The van der Waals surface area contributed by atoms with Gasteiger partial charge in [0.25, 0.3) is 11.8 Å². The number of esters is 1. The molecule has 3 N–H and O–H groups in total. The van der Waals surface area contributed by atoms with Gasteiger partial charge < -0.3 is 25.4 Å². The number of ether oxygens (including phenoxy) is 2. The molecule has 0 unspecified atom stereocenters. The van der Waals surface area contributed by atoms with E-state index in [1.807, 2.05) is 6.92 Å². The maximum Gasteiger partial charge on any atom is 0.353 e. The van der Waals surface area contributed by atoms with E-state index in [9.17, 15) is 19.2 Å². The molecule has 38 heavy (non-hydrogen) atoms. The minimum atomic E-state index is -0.781. The number of aryl methyl sites for hydroxylation is 1. The van der Waals surface area contributed by atoms with Gasteiger partial charge in [-0.25, -0.2) is 9.78 Å². The lowest BCUT2D eigenvalue weighted by atomic mass is 9.94. The molecule has 0 saturated heterocycles. The molecular weight excluding hydrogens is 508 g/mol. The summed E-state index contributed by atoms with van der Waals surface area (Å²) in [6.45, 7) is 14.6. The van der Waals surface area contributed by atoms with Crippen molar-refractivity contribution in [1.82, 2.24) is 20.9 Å². The summed E-state index contributed by atoms with van der Waals surface area (Å²) in [5.41, 5.74) is -0.254. The third-order valence-electron chi connectivity index (χ3n) is 5.20. The molecule has 0 fully saturated rings. The first-order valence-electron chi connectivity index (χ1n) is 12.9. The van der Waals surface area contributed by atoms with Crippen LogP contribution < -0.4 is 16.0 Å². The van der Waals surface area contributed by atoms with Gasteiger partial charge in [0, 0.05) is 32.1 Å². The van der Waals surface area contributed by atoms with E-state index in [0.717, 1.165) is 37.9 Å². The van der Waals surface area contributed by atoms with Crippen LogP contribution in [0.2, 0.25) is 0 Å². The van der Waals surface area contributed by atoms with Gasteiger partial charge in [0.05, 0.1) is 17.8 Å². The SMILES string of the molecule is C=C(NC(=O)c1csc(CCC)n1)C(=O)NC(=C)C(=O)OC.CCCC(CCC)CC(=O)NCCCOC. The second-order valence-corrected chi connectivity index (χ2v) is 9.52. The average Bonchev–Trinajstić information content (AvgIpc) is 3.36. The van der Waals surface area contributed by atoms with E-state index < -0.39 is 17.8 Å². The Bertz CT molecular complexity index is 909. The van der Waals surface area contributed by atoms with Crippen LogP contribution in [-0.2, 0) is 30.3 Å². The Hall–Kier alpha value is -3.05. The van der Waals surface area contributed by atoms with E-state index in [0.29, 0.717) is 18.9 Å². The van der Waals surface area contributed by atoms with Crippen molar-refractivity contribution in [3.63, 3.8) is 0 Å². The average molecular weight is 553 g/mol. The van der Waals surface area contributed by atoms with E-state index >= 15 is 0 Å². The Morgan fingerprint density at radius 1 is 1.00 bits per heavy atom. The zero-order chi connectivity index (χ0) is 28.9. The van der Waals surface area contributed by atoms with Crippen LogP contribution in [0.3, 0.4) is 0 Å². The molecule has 0 spiro atoms. The lowest BCUT2D eigenvalue weighted by Gasteiger charge is -2.14. The van der Waals surface area contributed by atoms with Crippen molar-refractivity contribution in [2.75, 3.05) is 27.4 Å². The lowest BCUT2D eigenvalue weighted by molar-refractivity contribution is -0.137. The van der Waals surface area contributed by atoms with E-state index in [-0.39, 0.29) is 23.0 Å². The maximum atomic E-state index is 11.9. The summed E-state index contributed by atoms with van der Waals surface area (Å²) in [5, 5.41) is 9.90. The van der Waals surface area contributed by atoms with Crippen molar-refractivity contribution in [1.29, 1.82) is 0 Å². The van der Waals surface area contributed by atoms with Gasteiger partial charge in [0.15, 0.2) is 0 Å². The lowest BCUT2D eigenvalue weighted by Crippen LogP contribution is -2.35. The van der Waals surface area contributed by atoms with Crippen molar-refractivity contribution < 1.29 is 28.7 Å². The predicted octanol–water partition coefficient (Wildman–Crippen LogP) is 3.89.